The van der Waals surface area contributed by atoms with Gasteiger partial charge in [0.25, 0.3) is 0 Å². The molecular formula is C18H23NO4. The van der Waals surface area contributed by atoms with Gasteiger partial charge in [0.15, 0.2) is 12.1 Å². The quantitative estimate of drug-likeness (QED) is 0.647. The number of carbonyl (C=O) groups is 2. The summed E-state index contributed by atoms with van der Waals surface area (Å²) in [6.07, 6.45) is 6.13. The molecule has 1 N–H and O–H groups in total. The average molecular weight is 317 g/mol. The van der Waals surface area contributed by atoms with Gasteiger partial charge in [0.1, 0.15) is 0 Å². The molecular weight excluding hydrogens is 294 g/mol. The van der Waals surface area contributed by atoms with Crippen LogP contribution in [0.4, 0.5) is 0 Å². The molecule has 1 aromatic carbocycles. The fraction of sp³-hybridized carbons (Fsp3) is 0.556. The van der Waals surface area contributed by atoms with Crippen LogP contribution in [0.3, 0.4) is 0 Å². The zero-order valence-corrected chi connectivity index (χ0v) is 13.3. The van der Waals surface area contributed by atoms with Gasteiger partial charge in [-0.2, -0.15) is 0 Å². The molecule has 0 aromatic heterocycles. The monoisotopic (exact) mass is 317 g/mol. The molecule has 1 amide bonds. The number of ether oxygens (including phenoxy) is 1. The summed E-state index contributed by atoms with van der Waals surface area (Å²) in [6.45, 7) is 0.664. The van der Waals surface area contributed by atoms with Crippen LogP contribution in [0.2, 0.25) is 0 Å². The van der Waals surface area contributed by atoms with Gasteiger partial charge in [0.05, 0.1) is 0 Å². The molecule has 0 bridgehead atoms. The highest BCUT2D eigenvalue weighted by molar-refractivity contribution is 5.98. The Morgan fingerprint density at radius 3 is 2.83 bits per heavy atom. The number of hydrogen-bond donors (Lipinski definition) is 1. The summed E-state index contributed by atoms with van der Waals surface area (Å²) >= 11 is 0. The van der Waals surface area contributed by atoms with Gasteiger partial charge in [0.2, 0.25) is 5.91 Å². The van der Waals surface area contributed by atoms with Gasteiger partial charge >= 0.3 is 0 Å². The molecule has 1 fully saturated rings. The van der Waals surface area contributed by atoms with Crippen molar-refractivity contribution >= 4 is 11.7 Å². The molecule has 0 saturated carbocycles. The van der Waals surface area contributed by atoms with Crippen LogP contribution in [0.5, 0.6) is 0 Å². The van der Waals surface area contributed by atoms with E-state index in [0.29, 0.717) is 12.2 Å². The summed E-state index contributed by atoms with van der Waals surface area (Å²) in [6, 6.07) is 5.89. The first-order valence-corrected chi connectivity index (χ1v) is 8.43. The van der Waals surface area contributed by atoms with Gasteiger partial charge in [-0.05, 0) is 49.3 Å². The van der Waals surface area contributed by atoms with Crippen molar-refractivity contribution in [3.05, 3.63) is 34.9 Å². The number of ketones is 1. The number of hydroxylamine groups is 1. The van der Waals surface area contributed by atoms with E-state index in [1.165, 1.54) is 11.1 Å². The largest absolute Gasteiger partial charge is 0.350 e. The van der Waals surface area contributed by atoms with E-state index in [1.807, 2.05) is 18.2 Å². The molecule has 23 heavy (non-hydrogen) atoms. The number of nitrogens with one attached hydrogen (secondary N) is 1. The van der Waals surface area contributed by atoms with Crippen LogP contribution >= 0.6 is 0 Å². The smallest absolute Gasteiger partial charge is 0.244 e. The number of carbonyl (C=O) groups excluding carboxylic acids is 2. The predicted octanol–water partition coefficient (Wildman–Crippen LogP) is 2.71. The Morgan fingerprint density at radius 2 is 2.00 bits per heavy atom. The van der Waals surface area contributed by atoms with E-state index in [4.69, 9.17) is 9.57 Å². The molecule has 124 valence electrons. The first kappa shape index (κ1) is 16.1. The molecule has 1 heterocycles. The molecule has 0 spiro atoms. The van der Waals surface area contributed by atoms with Gasteiger partial charge in [-0.1, -0.05) is 12.1 Å². The first-order chi connectivity index (χ1) is 11.2. The Balaban J connectivity index is 1.42. The van der Waals surface area contributed by atoms with Crippen molar-refractivity contribution in [2.75, 3.05) is 6.61 Å². The molecule has 5 heteroatoms. The second kappa shape index (κ2) is 7.70. The first-order valence-electron chi connectivity index (χ1n) is 8.43. The Bertz CT molecular complexity index is 578. The third-order valence-corrected chi connectivity index (χ3v) is 4.44. The minimum absolute atomic E-state index is 0.00349. The van der Waals surface area contributed by atoms with Crippen molar-refractivity contribution in [1.82, 2.24) is 5.48 Å². The molecule has 0 radical (unpaired) electrons. The van der Waals surface area contributed by atoms with E-state index in [0.717, 1.165) is 38.5 Å². The fourth-order valence-corrected chi connectivity index (χ4v) is 3.10. The zero-order valence-electron chi connectivity index (χ0n) is 13.3. The highest BCUT2D eigenvalue weighted by Crippen LogP contribution is 2.23. The molecule has 1 aliphatic heterocycles. The van der Waals surface area contributed by atoms with E-state index < -0.39 is 0 Å². The highest BCUT2D eigenvalue weighted by Gasteiger charge is 2.17. The lowest BCUT2D eigenvalue weighted by Crippen LogP contribution is -2.33. The summed E-state index contributed by atoms with van der Waals surface area (Å²) in [7, 11) is 0. The van der Waals surface area contributed by atoms with Crippen LogP contribution < -0.4 is 5.48 Å². The second-order valence-electron chi connectivity index (χ2n) is 6.20. The van der Waals surface area contributed by atoms with Gasteiger partial charge in [-0.25, -0.2) is 10.3 Å². The molecule has 1 aliphatic carbocycles. The Kier molecular flexibility index (Phi) is 5.41. The summed E-state index contributed by atoms with van der Waals surface area (Å²) in [4.78, 5) is 29.2. The number of aryl methyl sites for hydroxylation is 2. The maximum absolute atomic E-state index is 12.2. The fourth-order valence-electron chi connectivity index (χ4n) is 3.10. The van der Waals surface area contributed by atoms with Crippen LogP contribution in [0.15, 0.2) is 18.2 Å². The predicted molar refractivity (Wildman–Crippen MR) is 84.9 cm³/mol. The molecule has 5 nitrogen and oxygen atoms in total. The minimum atomic E-state index is -0.361. The highest BCUT2D eigenvalue weighted by atomic mass is 16.8. The lowest BCUT2D eigenvalue weighted by Gasteiger charge is -2.22. The Morgan fingerprint density at radius 1 is 1.13 bits per heavy atom. The molecule has 1 unspecified atom stereocenters. The summed E-state index contributed by atoms with van der Waals surface area (Å²) < 4.78 is 5.36. The van der Waals surface area contributed by atoms with E-state index >= 15 is 0 Å². The third kappa shape index (κ3) is 4.39. The number of amides is 1. The van der Waals surface area contributed by atoms with Gasteiger partial charge in [-0.15, -0.1) is 0 Å². The van der Waals surface area contributed by atoms with Crippen LogP contribution in [0.1, 0.15) is 60.0 Å². The zero-order chi connectivity index (χ0) is 16.1. The standard InChI is InChI=1S/C18H23NO4/c20-16(15-8-7-13-4-3-5-14(13)12-15)9-10-17(21)19-23-18-6-1-2-11-22-18/h7-8,12,18H,1-6,9-11H2,(H,19,21). The number of fused-ring (bicyclic) bond motifs is 1. The summed E-state index contributed by atoms with van der Waals surface area (Å²) in [5.41, 5.74) is 5.71. The van der Waals surface area contributed by atoms with E-state index in [9.17, 15) is 9.59 Å². The van der Waals surface area contributed by atoms with Gasteiger partial charge in [0, 0.05) is 31.4 Å². The molecule has 1 saturated heterocycles. The van der Waals surface area contributed by atoms with Crippen molar-refractivity contribution in [2.24, 2.45) is 0 Å². The van der Waals surface area contributed by atoms with Crippen LogP contribution in [-0.4, -0.2) is 24.6 Å². The van der Waals surface area contributed by atoms with Gasteiger partial charge in [-0.3, -0.25) is 9.59 Å². The third-order valence-electron chi connectivity index (χ3n) is 4.44. The minimum Gasteiger partial charge on any atom is -0.350 e. The maximum Gasteiger partial charge on any atom is 0.244 e. The van der Waals surface area contributed by atoms with E-state index in [1.54, 1.807) is 0 Å². The van der Waals surface area contributed by atoms with Crippen molar-refractivity contribution in [1.29, 1.82) is 0 Å². The molecule has 1 aromatic rings. The van der Waals surface area contributed by atoms with Crippen LogP contribution in [0.25, 0.3) is 0 Å². The van der Waals surface area contributed by atoms with E-state index in [-0.39, 0.29) is 30.8 Å². The van der Waals surface area contributed by atoms with Crippen molar-refractivity contribution in [3.8, 4) is 0 Å². The molecule has 2 aliphatic rings. The lowest BCUT2D eigenvalue weighted by atomic mass is 10.0. The number of rotatable bonds is 6. The summed E-state index contributed by atoms with van der Waals surface area (Å²) in [5.74, 6) is -0.280. The van der Waals surface area contributed by atoms with Gasteiger partial charge < -0.3 is 4.74 Å². The van der Waals surface area contributed by atoms with Crippen molar-refractivity contribution in [2.45, 2.75) is 57.7 Å². The van der Waals surface area contributed by atoms with Crippen molar-refractivity contribution < 1.29 is 19.2 Å². The Labute approximate surface area is 136 Å². The van der Waals surface area contributed by atoms with Crippen LogP contribution in [0, 0.1) is 0 Å². The number of benzene rings is 1. The van der Waals surface area contributed by atoms with Crippen molar-refractivity contribution in [3.63, 3.8) is 0 Å². The molecule has 3 rings (SSSR count). The summed E-state index contributed by atoms with van der Waals surface area (Å²) in [5, 5.41) is 0. The SMILES string of the molecule is O=C(CCC(=O)c1ccc2c(c1)CCC2)NOC1CCCCO1. The number of hydrogen-bond acceptors (Lipinski definition) is 4. The normalized spacial score (nSPS) is 20.1. The molecule has 1 atom stereocenters. The lowest BCUT2D eigenvalue weighted by molar-refractivity contribution is -0.200. The van der Waals surface area contributed by atoms with E-state index in [2.05, 4.69) is 5.48 Å². The maximum atomic E-state index is 12.2. The van der Waals surface area contributed by atoms with Crippen LogP contribution in [-0.2, 0) is 27.2 Å². The topological polar surface area (TPSA) is 64.6 Å². The second-order valence-corrected chi connectivity index (χ2v) is 6.20. The Hall–Kier alpha value is -1.72. The number of Topliss-reactive ketones (excluding diaryl/α,β-unsaturated/α-hetero) is 1. The average Bonchev–Trinajstić information content (AvgIpc) is 3.06.